The highest BCUT2D eigenvalue weighted by Crippen LogP contribution is 2.33. The molecular formula is C14H18N2O. The van der Waals surface area contributed by atoms with Gasteiger partial charge in [0.1, 0.15) is 5.69 Å². The molecule has 0 unspecified atom stereocenters. The van der Waals surface area contributed by atoms with Crippen LogP contribution < -0.4 is 5.32 Å². The van der Waals surface area contributed by atoms with Gasteiger partial charge in [0.25, 0.3) is 0 Å². The van der Waals surface area contributed by atoms with Crippen molar-refractivity contribution in [3.8, 4) is 0 Å². The monoisotopic (exact) mass is 230 g/mol. The summed E-state index contributed by atoms with van der Waals surface area (Å²) < 4.78 is 0. The molecule has 17 heavy (non-hydrogen) atoms. The molecule has 1 aromatic heterocycles. The van der Waals surface area contributed by atoms with Crippen molar-refractivity contribution in [3.63, 3.8) is 0 Å². The summed E-state index contributed by atoms with van der Waals surface area (Å²) in [6.45, 7) is 0. The van der Waals surface area contributed by atoms with Gasteiger partial charge in [0.15, 0.2) is 5.78 Å². The van der Waals surface area contributed by atoms with E-state index in [1.165, 1.54) is 12.8 Å². The van der Waals surface area contributed by atoms with Gasteiger partial charge >= 0.3 is 0 Å². The van der Waals surface area contributed by atoms with E-state index in [2.05, 4.69) is 10.3 Å². The van der Waals surface area contributed by atoms with Crippen LogP contribution in [0.3, 0.4) is 0 Å². The second-order valence-electron chi connectivity index (χ2n) is 5.32. The van der Waals surface area contributed by atoms with Crippen LogP contribution in [-0.2, 0) is 0 Å². The molecule has 2 bridgehead atoms. The Morgan fingerprint density at radius 3 is 2.71 bits per heavy atom. The first-order chi connectivity index (χ1) is 8.31. The first kappa shape index (κ1) is 10.9. The van der Waals surface area contributed by atoms with E-state index in [1.54, 1.807) is 6.20 Å². The van der Waals surface area contributed by atoms with Gasteiger partial charge in [0.2, 0.25) is 0 Å². The number of pyridine rings is 1. The van der Waals surface area contributed by atoms with Gasteiger partial charge in [0, 0.05) is 24.7 Å². The maximum atomic E-state index is 12.1. The van der Waals surface area contributed by atoms with Crippen molar-refractivity contribution in [2.45, 2.75) is 44.2 Å². The lowest BCUT2D eigenvalue weighted by Gasteiger charge is -2.28. The van der Waals surface area contributed by atoms with Crippen molar-refractivity contribution in [2.75, 3.05) is 0 Å². The van der Waals surface area contributed by atoms with Crippen LogP contribution in [0.25, 0.3) is 0 Å². The molecule has 3 heteroatoms. The van der Waals surface area contributed by atoms with Crippen LogP contribution in [0.1, 0.15) is 42.6 Å². The van der Waals surface area contributed by atoms with Crippen LogP contribution in [0.4, 0.5) is 0 Å². The number of rotatable bonds is 3. The summed E-state index contributed by atoms with van der Waals surface area (Å²) in [6.07, 6.45) is 7.27. The average Bonchev–Trinajstić information content (AvgIpc) is 2.70. The van der Waals surface area contributed by atoms with Crippen LogP contribution in [0.5, 0.6) is 0 Å². The van der Waals surface area contributed by atoms with Crippen LogP contribution >= 0.6 is 0 Å². The van der Waals surface area contributed by atoms with E-state index in [4.69, 9.17) is 0 Å². The minimum absolute atomic E-state index is 0.205. The maximum Gasteiger partial charge on any atom is 0.181 e. The molecule has 0 amide bonds. The minimum Gasteiger partial charge on any atom is -0.311 e. The quantitative estimate of drug-likeness (QED) is 0.809. The Bertz CT molecular complexity index is 392. The Morgan fingerprint density at radius 1 is 1.29 bits per heavy atom. The van der Waals surface area contributed by atoms with Crippen molar-refractivity contribution < 1.29 is 4.79 Å². The summed E-state index contributed by atoms with van der Waals surface area (Å²) in [5, 5.41) is 3.61. The van der Waals surface area contributed by atoms with Gasteiger partial charge in [0.05, 0.1) is 0 Å². The number of hydrogen-bond acceptors (Lipinski definition) is 3. The third-order valence-corrected chi connectivity index (χ3v) is 4.00. The molecule has 3 rings (SSSR count). The fourth-order valence-corrected chi connectivity index (χ4v) is 3.24. The SMILES string of the molecule is O=C(C[C@@H]1C[C@H]2CC[C@@H](C1)N2)c1ccccn1. The topological polar surface area (TPSA) is 42.0 Å². The number of Topliss-reactive ketones (excluding diaryl/α,β-unsaturated/α-hetero) is 1. The largest absolute Gasteiger partial charge is 0.311 e. The fourth-order valence-electron chi connectivity index (χ4n) is 3.24. The molecule has 90 valence electrons. The second kappa shape index (κ2) is 4.57. The lowest BCUT2D eigenvalue weighted by molar-refractivity contribution is 0.0940. The smallest absolute Gasteiger partial charge is 0.181 e. The molecule has 1 aromatic rings. The number of aromatic nitrogens is 1. The minimum atomic E-state index is 0.205. The summed E-state index contributed by atoms with van der Waals surface area (Å²) in [5.74, 6) is 0.764. The zero-order valence-electron chi connectivity index (χ0n) is 9.93. The molecule has 0 saturated carbocycles. The molecule has 2 aliphatic heterocycles. The van der Waals surface area contributed by atoms with Gasteiger partial charge in [-0.25, -0.2) is 0 Å². The molecule has 1 N–H and O–H groups in total. The van der Waals surface area contributed by atoms with Gasteiger partial charge in [-0.3, -0.25) is 9.78 Å². The molecule has 0 spiro atoms. The van der Waals surface area contributed by atoms with E-state index in [9.17, 15) is 4.79 Å². The number of fused-ring (bicyclic) bond motifs is 2. The Hall–Kier alpha value is -1.22. The van der Waals surface area contributed by atoms with Crippen LogP contribution in [0.2, 0.25) is 0 Å². The number of nitrogens with one attached hydrogen (secondary N) is 1. The van der Waals surface area contributed by atoms with Crippen molar-refractivity contribution in [1.29, 1.82) is 0 Å². The highest BCUT2D eigenvalue weighted by Gasteiger charge is 2.34. The molecule has 2 aliphatic rings. The van der Waals surface area contributed by atoms with E-state index in [0.717, 1.165) is 12.8 Å². The second-order valence-corrected chi connectivity index (χ2v) is 5.32. The molecular weight excluding hydrogens is 212 g/mol. The first-order valence-corrected chi connectivity index (χ1v) is 6.51. The summed E-state index contributed by atoms with van der Waals surface area (Å²) in [6, 6.07) is 6.87. The highest BCUT2D eigenvalue weighted by atomic mass is 16.1. The van der Waals surface area contributed by atoms with E-state index in [1.807, 2.05) is 18.2 Å². The van der Waals surface area contributed by atoms with Gasteiger partial charge in [-0.15, -0.1) is 0 Å². The van der Waals surface area contributed by atoms with Gasteiger partial charge < -0.3 is 5.32 Å². The number of hydrogen-bond donors (Lipinski definition) is 1. The molecule has 2 fully saturated rings. The molecule has 3 heterocycles. The fraction of sp³-hybridized carbons (Fsp3) is 0.571. The molecule has 0 aliphatic carbocycles. The van der Waals surface area contributed by atoms with Crippen LogP contribution in [-0.4, -0.2) is 22.9 Å². The number of piperidine rings is 1. The number of carbonyl (C=O) groups excluding carboxylic acids is 1. The van der Waals surface area contributed by atoms with E-state index < -0.39 is 0 Å². The molecule has 3 atom stereocenters. The predicted molar refractivity (Wildman–Crippen MR) is 65.9 cm³/mol. The Kier molecular flexibility index (Phi) is 2.93. The molecule has 0 radical (unpaired) electrons. The lowest BCUT2D eigenvalue weighted by Crippen LogP contribution is -2.38. The van der Waals surface area contributed by atoms with Crippen molar-refractivity contribution >= 4 is 5.78 Å². The maximum absolute atomic E-state index is 12.1. The predicted octanol–water partition coefficient (Wildman–Crippen LogP) is 2.18. The Morgan fingerprint density at radius 2 is 2.06 bits per heavy atom. The zero-order chi connectivity index (χ0) is 11.7. The molecule has 0 aromatic carbocycles. The zero-order valence-corrected chi connectivity index (χ0v) is 9.93. The Balaban J connectivity index is 1.62. The summed E-state index contributed by atoms with van der Waals surface area (Å²) in [4.78, 5) is 16.2. The standard InChI is InChI=1S/C14H18N2O/c17-14(13-3-1-2-6-15-13)9-10-7-11-4-5-12(8-10)16-11/h1-3,6,10-12,16H,4-5,7-9H2/t10-,11-,12+. The van der Waals surface area contributed by atoms with Gasteiger partial charge in [-0.1, -0.05) is 6.07 Å². The average molecular weight is 230 g/mol. The number of carbonyl (C=O) groups is 1. The normalized spacial score (nSPS) is 31.4. The van der Waals surface area contributed by atoms with E-state index in [-0.39, 0.29) is 5.78 Å². The number of ketones is 1. The van der Waals surface area contributed by atoms with Gasteiger partial charge in [-0.05, 0) is 43.7 Å². The molecule has 2 saturated heterocycles. The van der Waals surface area contributed by atoms with Crippen LogP contribution in [0, 0.1) is 5.92 Å². The number of nitrogens with zero attached hydrogens (tertiary/aromatic N) is 1. The van der Waals surface area contributed by atoms with E-state index >= 15 is 0 Å². The highest BCUT2D eigenvalue weighted by molar-refractivity contribution is 5.94. The van der Waals surface area contributed by atoms with Gasteiger partial charge in [-0.2, -0.15) is 0 Å². The first-order valence-electron chi connectivity index (χ1n) is 6.51. The summed E-state index contributed by atoms with van der Waals surface area (Å²) in [5.41, 5.74) is 0.623. The van der Waals surface area contributed by atoms with Crippen molar-refractivity contribution in [1.82, 2.24) is 10.3 Å². The lowest BCUT2D eigenvalue weighted by atomic mass is 9.87. The van der Waals surface area contributed by atoms with Crippen molar-refractivity contribution in [3.05, 3.63) is 30.1 Å². The summed E-state index contributed by atoms with van der Waals surface area (Å²) >= 11 is 0. The van der Waals surface area contributed by atoms with Crippen LogP contribution in [0.15, 0.2) is 24.4 Å². The third kappa shape index (κ3) is 2.39. The summed E-state index contributed by atoms with van der Waals surface area (Å²) in [7, 11) is 0. The van der Waals surface area contributed by atoms with Crippen molar-refractivity contribution in [2.24, 2.45) is 5.92 Å². The Labute approximate surface area is 102 Å². The van der Waals surface area contributed by atoms with E-state index in [0.29, 0.717) is 30.1 Å². The third-order valence-electron chi connectivity index (χ3n) is 4.00. The molecule has 3 nitrogen and oxygen atoms in total.